The second-order valence-electron chi connectivity index (χ2n) is 5.94. The zero-order valence-electron chi connectivity index (χ0n) is 12.9. The number of thioether (sulfide) groups is 1. The molecule has 0 aliphatic rings. The zero-order valence-corrected chi connectivity index (χ0v) is 14.5. The van der Waals surface area contributed by atoms with E-state index in [0.29, 0.717) is 5.02 Å². The molecular formula is C17H21ClN2S. The number of nitrogens with one attached hydrogen (secondary N) is 1. The molecular weight excluding hydrogens is 300 g/mol. The van der Waals surface area contributed by atoms with E-state index >= 15 is 0 Å². The topological polar surface area (TPSA) is 24.9 Å². The lowest BCUT2D eigenvalue weighted by atomic mass is 9.87. The maximum atomic E-state index is 6.20. The van der Waals surface area contributed by atoms with Crippen LogP contribution in [0.2, 0.25) is 5.02 Å². The number of hydrogen-bond acceptors (Lipinski definition) is 3. The predicted molar refractivity (Wildman–Crippen MR) is 93.5 cm³/mol. The summed E-state index contributed by atoms with van der Waals surface area (Å²) in [4.78, 5) is 5.73. The van der Waals surface area contributed by atoms with Crippen LogP contribution in [-0.2, 0) is 11.2 Å². The first-order valence-corrected chi connectivity index (χ1v) is 8.33. The first-order chi connectivity index (χ1) is 9.90. The number of rotatable bonds is 4. The molecule has 112 valence electrons. The van der Waals surface area contributed by atoms with Gasteiger partial charge in [-0.1, -0.05) is 44.5 Å². The Morgan fingerprint density at radius 1 is 1.10 bits per heavy atom. The van der Waals surface area contributed by atoms with Crippen molar-refractivity contribution in [3.05, 3.63) is 52.7 Å². The summed E-state index contributed by atoms with van der Waals surface area (Å²) in [6.07, 6.45) is 0. The van der Waals surface area contributed by atoms with Crippen LogP contribution >= 0.6 is 23.4 Å². The highest BCUT2D eigenvalue weighted by molar-refractivity contribution is 7.98. The van der Waals surface area contributed by atoms with Gasteiger partial charge in [-0.25, -0.2) is 4.98 Å². The summed E-state index contributed by atoms with van der Waals surface area (Å²) in [6, 6.07) is 12.5. The Kier molecular flexibility index (Phi) is 5.17. The Balaban J connectivity index is 2.06. The maximum absolute atomic E-state index is 6.20. The van der Waals surface area contributed by atoms with Crippen molar-refractivity contribution in [2.45, 2.75) is 36.8 Å². The minimum Gasteiger partial charge on any atom is -0.373 e. The lowest BCUT2D eigenvalue weighted by Gasteiger charge is -2.19. The van der Waals surface area contributed by atoms with Crippen molar-refractivity contribution in [1.29, 1.82) is 0 Å². The Bertz CT molecular complexity index is 603. The predicted octanol–water partition coefficient (Wildman–Crippen LogP) is 5.37. The fourth-order valence-electron chi connectivity index (χ4n) is 1.93. The zero-order chi connectivity index (χ0) is 15.5. The van der Waals surface area contributed by atoms with Crippen LogP contribution in [-0.4, -0.2) is 12.0 Å². The first-order valence-electron chi connectivity index (χ1n) is 6.96. The highest BCUT2D eigenvalue weighted by atomic mass is 35.5. The van der Waals surface area contributed by atoms with Crippen molar-refractivity contribution in [3.8, 4) is 0 Å². The lowest BCUT2D eigenvalue weighted by molar-refractivity contribution is 0.590. The van der Waals surface area contributed by atoms with Crippen LogP contribution in [0.1, 0.15) is 32.0 Å². The standard InChI is InChI=1S/C17H21ClN2S/c1-17(2,3)12-5-7-13(8-6-12)21-11-15-14(18)9-10-16(19-4)20-15/h5-10H,11H2,1-4H3,(H,19,20). The van der Waals surface area contributed by atoms with Gasteiger partial charge in [-0.15, -0.1) is 11.8 Å². The summed E-state index contributed by atoms with van der Waals surface area (Å²) in [7, 11) is 1.86. The number of hydrogen-bond donors (Lipinski definition) is 1. The monoisotopic (exact) mass is 320 g/mol. The molecule has 0 spiro atoms. The van der Waals surface area contributed by atoms with Crippen LogP contribution in [0.25, 0.3) is 0 Å². The Labute approximate surface area is 136 Å². The smallest absolute Gasteiger partial charge is 0.126 e. The molecule has 2 rings (SSSR count). The summed E-state index contributed by atoms with van der Waals surface area (Å²) < 4.78 is 0. The van der Waals surface area contributed by atoms with Crippen LogP contribution in [0.3, 0.4) is 0 Å². The van der Waals surface area contributed by atoms with E-state index in [-0.39, 0.29) is 5.41 Å². The van der Waals surface area contributed by atoms with Crippen molar-refractivity contribution in [1.82, 2.24) is 4.98 Å². The number of aromatic nitrogens is 1. The largest absolute Gasteiger partial charge is 0.373 e. The van der Waals surface area contributed by atoms with Crippen LogP contribution < -0.4 is 5.32 Å². The number of pyridine rings is 1. The van der Waals surface area contributed by atoms with Gasteiger partial charge in [0.15, 0.2) is 0 Å². The van der Waals surface area contributed by atoms with Gasteiger partial charge in [-0.2, -0.15) is 0 Å². The van der Waals surface area contributed by atoms with Gasteiger partial charge in [0.05, 0.1) is 10.7 Å². The summed E-state index contributed by atoms with van der Waals surface area (Å²) in [5.41, 5.74) is 2.45. The molecule has 0 saturated heterocycles. The number of benzene rings is 1. The average molecular weight is 321 g/mol. The van der Waals surface area contributed by atoms with Crippen molar-refractivity contribution in [2.75, 3.05) is 12.4 Å². The fourth-order valence-corrected chi connectivity index (χ4v) is 3.03. The van der Waals surface area contributed by atoms with Crippen molar-refractivity contribution in [2.24, 2.45) is 0 Å². The van der Waals surface area contributed by atoms with Crippen LogP contribution in [0.15, 0.2) is 41.3 Å². The lowest BCUT2D eigenvalue weighted by Crippen LogP contribution is -2.10. The van der Waals surface area contributed by atoms with E-state index in [4.69, 9.17) is 11.6 Å². The normalized spacial score (nSPS) is 11.5. The van der Waals surface area contributed by atoms with Crippen LogP contribution in [0.5, 0.6) is 0 Å². The van der Waals surface area contributed by atoms with Gasteiger partial charge in [0.1, 0.15) is 5.82 Å². The van der Waals surface area contributed by atoms with Gasteiger partial charge in [0.25, 0.3) is 0 Å². The molecule has 0 radical (unpaired) electrons. The van der Waals surface area contributed by atoms with E-state index in [1.54, 1.807) is 11.8 Å². The number of nitrogens with zero attached hydrogens (tertiary/aromatic N) is 1. The van der Waals surface area contributed by atoms with E-state index in [9.17, 15) is 0 Å². The molecule has 0 saturated carbocycles. The molecule has 0 aliphatic carbocycles. The highest BCUT2D eigenvalue weighted by Crippen LogP contribution is 2.29. The molecule has 1 aromatic heterocycles. The van der Waals surface area contributed by atoms with Crippen molar-refractivity contribution < 1.29 is 0 Å². The molecule has 2 aromatic rings. The summed E-state index contributed by atoms with van der Waals surface area (Å²) in [5, 5.41) is 3.75. The Hall–Kier alpha value is -1.19. The van der Waals surface area contributed by atoms with E-state index in [1.807, 2.05) is 19.2 Å². The van der Waals surface area contributed by atoms with Gasteiger partial charge in [0.2, 0.25) is 0 Å². The molecule has 1 N–H and O–H groups in total. The third-order valence-corrected chi connectivity index (χ3v) is 4.64. The number of anilines is 1. The molecule has 1 aromatic carbocycles. The third kappa shape index (κ3) is 4.39. The van der Waals surface area contributed by atoms with Gasteiger partial charge >= 0.3 is 0 Å². The van der Waals surface area contributed by atoms with E-state index in [2.05, 4.69) is 55.3 Å². The molecule has 21 heavy (non-hydrogen) atoms. The third-order valence-electron chi connectivity index (χ3n) is 3.27. The maximum Gasteiger partial charge on any atom is 0.126 e. The van der Waals surface area contributed by atoms with E-state index in [1.165, 1.54) is 10.5 Å². The Morgan fingerprint density at radius 3 is 2.33 bits per heavy atom. The Morgan fingerprint density at radius 2 is 1.76 bits per heavy atom. The van der Waals surface area contributed by atoms with Gasteiger partial charge in [0, 0.05) is 17.7 Å². The number of halogens is 1. The van der Waals surface area contributed by atoms with Crippen LogP contribution in [0, 0.1) is 0 Å². The molecule has 0 fully saturated rings. The SMILES string of the molecule is CNc1ccc(Cl)c(CSc2ccc(C(C)(C)C)cc2)n1. The molecule has 0 aliphatic heterocycles. The van der Waals surface area contributed by atoms with Crippen molar-refractivity contribution in [3.63, 3.8) is 0 Å². The minimum absolute atomic E-state index is 0.190. The van der Waals surface area contributed by atoms with Crippen molar-refractivity contribution >= 4 is 29.2 Å². The average Bonchev–Trinajstić information content (AvgIpc) is 2.46. The van der Waals surface area contributed by atoms with E-state index < -0.39 is 0 Å². The quantitative estimate of drug-likeness (QED) is 0.767. The van der Waals surface area contributed by atoms with Gasteiger partial charge < -0.3 is 5.32 Å². The molecule has 4 heteroatoms. The summed E-state index contributed by atoms with van der Waals surface area (Å²) >= 11 is 7.95. The first kappa shape index (κ1) is 16.2. The second-order valence-corrected chi connectivity index (χ2v) is 7.39. The highest BCUT2D eigenvalue weighted by Gasteiger charge is 2.13. The molecule has 0 bridgehead atoms. The molecule has 0 unspecified atom stereocenters. The molecule has 2 nitrogen and oxygen atoms in total. The summed E-state index contributed by atoms with van der Waals surface area (Å²) in [5.74, 6) is 1.61. The fraction of sp³-hybridized carbons (Fsp3) is 0.353. The molecule has 1 heterocycles. The molecule has 0 atom stereocenters. The summed E-state index contributed by atoms with van der Waals surface area (Å²) in [6.45, 7) is 6.67. The van der Waals surface area contributed by atoms with E-state index in [0.717, 1.165) is 17.3 Å². The van der Waals surface area contributed by atoms with Gasteiger partial charge in [-0.05, 0) is 35.2 Å². The minimum atomic E-state index is 0.190. The second kappa shape index (κ2) is 6.71. The van der Waals surface area contributed by atoms with Crippen LogP contribution in [0.4, 0.5) is 5.82 Å². The van der Waals surface area contributed by atoms with Gasteiger partial charge in [-0.3, -0.25) is 0 Å². The molecule has 0 amide bonds.